The Morgan fingerprint density at radius 2 is 2.24 bits per heavy atom. The minimum atomic E-state index is 0.000891. The van der Waals surface area contributed by atoms with Crippen LogP contribution in [-0.4, -0.2) is 34.1 Å². The van der Waals surface area contributed by atoms with E-state index >= 15 is 0 Å². The van der Waals surface area contributed by atoms with Crippen LogP contribution in [0, 0.1) is 0 Å². The lowest BCUT2D eigenvalue weighted by Crippen LogP contribution is -2.37. The van der Waals surface area contributed by atoms with Crippen molar-refractivity contribution in [2.24, 2.45) is 0 Å². The molecule has 0 aliphatic carbocycles. The van der Waals surface area contributed by atoms with Crippen LogP contribution < -0.4 is 5.56 Å². The third-order valence-corrected chi connectivity index (χ3v) is 4.73. The van der Waals surface area contributed by atoms with E-state index in [1.165, 1.54) is 19.3 Å². The van der Waals surface area contributed by atoms with E-state index in [1.807, 2.05) is 0 Å². The molecule has 1 atom stereocenters. The van der Waals surface area contributed by atoms with E-state index in [-0.39, 0.29) is 5.56 Å². The van der Waals surface area contributed by atoms with Gasteiger partial charge in [0.15, 0.2) is 0 Å². The van der Waals surface area contributed by atoms with Gasteiger partial charge in [0.2, 0.25) is 0 Å². The van der Waals surface area contributed by atoms with Gasteiger partial charge in [-0.2, -0.15) is 0 Å². The molecule has 5 heteroatoms. The molecule has 1 aliphatic rings. The van der Waals surface area contributed by atoms with Crippen molar-refractivity contribution in [3.05, 3.63) is 39.9 Å². The van der Waals surface area contributed by atoms with Crippen LogP contribution in [0.2, 0.25) is 5.02 Å². The first-order valence-corrected chi connectivity index (χ1v) is 7.88. The van der Waals surface area contributed by atoms with Gasteiger partial charge in [0.1, 0.15) is 0 Å². The van der Waals surface area contributed by atoms with Gasteiger partial charge in [0.25, 0.3) is 5.56 Å². The number of rotatable bonds is 3. The number of aryl methyl sites for hydroxylation is 1. The number of likely N-dealkylation sites (tertiary alicyclic amines) is 1. The molecule has 3 rings (SSSR count). The molecule has 0 amide bonds. The predicted octanol–water partition coefficient (Wildman–Crippen LogP) is 2.92. The first-order valence-electron chi connectivity index (χ1n) is 7.51. The molecule has 1 fully saturated rings. The molecule has 1 aliphatic heterocycles. The van der Waals surface area contributed by atoms with Crippen LogP contribution in [0.5, 0.6) is 0 Å². The second kappa shape index (κ2) is 6.16. The zero-order valence-electron chi connectivity index (χ0n) is 12.3. The van der Waals surface area contributed by atoms with Gasteiger partial charge in [0.05, 0.1) is 22.3 Å². The summed E-state index contributed by atoms with van der Waals surface area (Å²) in [5.74, 6) is 0. The van der Waals surface area contributed by atoms with Crippen molar-refractivity contribution in [3.8, 4) is 0 Å². The van der Waals surface area contributed by atoms with Crippen molar-refractivity contribution in [3.63, 3.8) is 0 Å². The third-order valence-electron chi connectivity index (χ3n) is 4.43. The fourth-order valence-electron chi connectivity index (χ4n) is 3.11. The van der Waals surface area contributed by atoms with E-state index < -0.39 is 0 Å². The van der Waals surface area contributed by atoms with Gasteiger partial charge in [-0.05, 0) is 45.0 Å². The van der Waals surface area contributed by atoms with Crippen molar-refractivity contribution in [2.75, 3.05) is 13.6 Å². The second-order valence-corrected chi connectivity index (χ2v) is 6.21. The topological polar surface area (TPSA) is 38.1 Å². The Labute approximate surface area is 129 Å². The summed E-state index contributed by atoms with van der Waals surface area (Å²) in [6, 6.07) is 5.92. The van der Waals surface area contributed by atoms with E-state index in [0.29, 0.717) is 28.5 Å². The average Bonchev–Trinajstić information content (AvgIpc) is 2.49. The van der Waals surface area contributed by atoms with Crippen molar-refractivity contribution in [1.82, 2.24) is 14.5 Å². The summed E-state index contributed by atoms with van der Waals surface area (Å²) in [5.41, 5.74) is 0.594. The standard InChI is InChI=1S/C16H20ClN3O/c1-19-9-3-2-5-12(19)8-10-20-11-18-15-13(16(20)21)6-4-7-14(15)17/h4,6-7,11-12H,2-3,5,8-10H2,1H3/t12-/m1/s1. The number of para-hydroxylation sites is 1. The molecule has 1 saturated heterocycles. The van der Waals surface area contributed by atoms with Crippen molar-refractivity contribution in [1.29, 1.82) is 0 Å². The maximum atomic E-state index is 12.5. The van der Waals surface area contributed by atoms with E-state index in [1.54, 1.807) is 29.1 Å². The Morgan fingerprint density at radius 1 is 1.38 bits per heavy atom. The lowest BCUT2D eigenvalue weighted by Gasteiger charge is -2.32. The number of hydrogen-bond acceptors (Lipinski definition) is 3. The van der Waals surface area contributed by atoms with Crippen LogP contribution >= 0.6 is 11.6 Å². The summed E-state index contributed by atoms with van der Waals surface area (Å²) in [6.07, 6.45) is 6.40. The molecule has 112 valence electrons. The van der Waals surface area contributed by atoms with Crippen molar-refractivity contribution < 1.29 is 0 Å². The molecular weight excluding hydrogens is 286 g/mol. The normalized spacial score (nSPS) is 20.0. The molecule has 0 spiro atoms. The van der Waals surface area contributed by atoms with Gasteiger partial charge < -0.3 is 4.90 Å². The van der Waals surface area contributed by atoms with Crippen LogP contribution in [0.4, 0.5) is 0 Å². The Hall–Kier alpha value is -1.39. The number of aromatic nitrogens is 2. The van der Waals surface area contributed by atoms with Gasteiger partial charge in [-0.1, -0.05) is 24.1 Å². The number of benzene rings is 1. The van der Waals surface area contributed by atoms with Crippen molar-refractivity contribution >= 4 is 22.5 Å². The highest BCUT2D eigenvalue weighted by Crippen LogP contribution is 2.19. The average molecular weight is 306 g/mol. The van der Waals surface area contributed by atoms with Crippen LogP contribution in [0.3, 0.4) is 0 Å². The molecule has 0 N–H and O–H groups in total. The van der Waals surface area contributed by atoms with Crippen LogP contribution in [0.1, 0.15) is 25.7 Å². The zero-order valence-corrected chi connectivity index (χ0v) is 13.0. The summed E-state index contributed by atoms with van der Waals surface area (Å²) >= 11 is 6.08. The Bertz CT molecular complexity index is 697. The maximum Gasteiger partial charge on any atom is 0.261 e. The Morgan fingerprint density at radius 3 is 3.05 bits per heavy atom. The number of nitrogens with zero attached hydrogens (tertiary/aromatic N) is 3. The highest BCUT2D eigenvalue weighted by Gasteiger charge is 2.18. The molecular formula is C16H20ClN3O. The summed E-state index contributed by atoms with van der Waals surface area (Å²) in [6.45, 7) is 1.87. The lowest BCUT2D eigenvalue weighted by atomic mass is 10.0. The van der Waals surface area contributed by atoms with E-state index in [0.717, 1.165) is 13.0 Å². The van der Waals surface area contributed by atoms with Crippen LogP contribution in [0.25, 0.3) is 10.9 Å². The minimum Gasteiger partial charge on any atom is -0.303 e. The van der Waals surface area contributed by atoms with Gasteiger partial charge >= 0.3 is 0 Å². The zero-order chi connectivity index (χ0) is 14.8. The summed E-state index contributed by atoms with van der Waals surface area (Å²) in [7, 11) is 2.17. The predicted molar refractivity (Wildman–Crippen MR) is 85.9 cm³/mol. The molecule has 21 heavy (non-hydrogen) atoms. The highest BCUT2D eigenvalue weighted by atomic mass is 35.5. The quantitative estimate of drug-likeness (QED) is 0.875. The smallest absolute Gasteiger partial charge is 0.261 e. The Kier molecular flexibility index (Phi) is 4.27. The van der Waals surface area contributed by atoms with Gasteiger partial charge in [-0.15, -0.1) is 0 Å². The SMILES string of the molecule is CN1CCCC[C@@H]1CCn1cnc2c(Cl)cccc2c1=O. The molecule has 2 aromatic rings. The largest absolute Gasteiger partial charge is 0.303 e. The molecule has 4 nitrogen and oxygen atoms in total. The number of hydrogen-bond donors (Lipinski definition) is 0. The van der Waals surface area contributed by atoms with Crippen molar-refractivity contribution in [2.45, 2.75) is 38.3 Å². The molecule has 2 heterocycles. The fourth-order valence-corrected chi connectivity index (χ4v) is 3.33. The molecule has 0 bridgehead atoms. The molecule has 0 radical (unpaired) electrons. The third kappa shape index (κ3) is 2.97. The monoisotopic (exact) mass is 305 g/mol. The minimum absolute atomic E-state index is 0.000891. The van der Waals surface area contributed by atoms with Gasteiger partial charge in [-0.25, -0.2) is 4.98 Å². The highest BCUT2D eigenvalue weighted by molar-refractivity contribution is 6.34. The van der Waals surface area contributed by atoms with E-state index in [2.05, 4.69) is 16.9 Å². The van der Waals surface area contributed by atoms with Gasteiger partial charge in [0, 0.05) is 12.6 Å². The first-order chi connectivity index (χ1) is 10.2. The molecule has 1 aromatic heterocycles. The van der Waals surface area contributed by atoms with Crippen LogP contribution in [-0.2, 0) is 6.54 Å². The number of fused-ring (bicyclic) bond motifs is 1. The van der Waals surface area contributed by atoms with E-state index in [9.17, 15) is 4.79 Å². The fraction of sp³-hybridized carbons (Fsp3) is 0.500. The summed E-state index contributed by atoms with van der Waals surface area (Å²) in [5, 5.41) is 1.13. The van der Waals surface area contributed by atoms with Crippen LogP contribution in [0.15, 0.2) is 29.3 Å². The number of halogens is 1. The summed E-state index contributed by atoms with van der Waals surface area (Å²) < 4.78 is 1.71. The molecule has 1 aromatic carbocycles. The number of piperidine rings is 1. The van der Waals surface area contributed by atoms with Gasteiger partial charge in [-0.3, -0.25) is 9.36 Å². The first kappa shape index (κ1) is 14.5. The second-order valence-electron chi connectivity index (χ2n) is 5.80. The summed E-state index contributed by atoms with van der Waals surface area (Å²) in [4.78, 5) is 19.2. The molecule has 0 unspecified atom stereocenters. The van der Waals surface area contributed by atoms with E-state index in [4.69, 9.17) is 11.6 Å². The lowest BCUT2D eigenvalue weighted by molar-refractivity contribution is 0.170. The molecule has 0 saturated carbocycles. The maximum absolute atomic E-state index is 12.5. The Balaban J connectivity index is 1.81.